The number of amides is 1. The number of carbonyl (C=O) groups excluding carboxylic acids is 1. The Bertz CT molecular complexity index is 1870. The first-order valence-electron chi connectivity index (χ1n) is 14.9. The van der Waals surface area contributed by atoms with Gasteiger partial charge in [-0.15, -0.1) is 0 Å². The Labute approximate surface area is 280 Å². The lowest BCUT2D eigenvalue weighted by atomic mass is 9.98. The number of aromatic nitrogens is 7. The maximum atomic E-state index is 11.5. The van der Waals surface area contributed by atoms with Gasteiger partial charge < -0.3 is 25.4 Å². The first kappa shape index (κ1) is 32.3. The van der Waals surface area contributed by atoms with Crippen LogP contribution in [0, 0.1) is 0 Å². The molecule has 0 saturated carbocycles. The summed E-state index contributed by atoms with van der Waals surface area (Å²) in [7, 11) is 3.10. The van der Waals surface area contributed by atoms with E-state index in [4.69, 9.17) is 42.6 Å². The second-order valence-electron chi connectivity index (χ2n) is 10.8. The molecule has 1 aliphatic heterocycles. The molecule has 47 heavy (non-hydrogen) atoms. The van der Waals surface area contributed by atoms with Gasteiger partial charge in [-0.2, -0.15) is 15.4 Å². The van der Waals surface area contributed by atoms with Gasteiger partial charge in [-0.1, -0.05) is 59.6 Å². The summed E-state index contributed by atoms with van der Waals surface area (Å²) in [4.78, 5) is 30.1. The third kappa shape index (κ3) is 7.33. The first-order chi connectivity index (χ1) is 22.9. The van der Waals surface area contributed by atoms with Crippen LogP contribution < -0.4 is 25.4 Å². The number of ether oxygens (including phenoxy) is 2. The summed E-state index contributed by atoms with van der Waals surface area (Å²) in [5.41, 5.74) is 5.96. The molecule has 0 spiro atoms. The first-order valence-corrected chi connectivity index (χ1v) is 15.6. The molecule has 1 fully saturated rings. The van der Waals surface area contributed by atoms with Crippen molar-refractivity contribution in [3.05, 3.63) is 82.1 Å². The van der Waals surface area contributed by atoms with Crippen LogP contribution in [0.3, 0.4) is 0 Å². The van der Waals surface area contributed by atoms with Gasteiger partial charge in [0.2, 0.25) is 17.7 Å². The van der Waals surface area contributed by atoms with Gasteiger partial charge in [-0.25, -0.2) is 9.97 Å². The van der Waals surface area contributed by atoms with E-state index in [1.165, 1.54) is 0 Å². The quantitative estimate of drug-likeness (QED) is 0.140. The summed E-state index contributed by atoms with van der Waals surface area (Å²) in [6.45, 7) is 2.01. The average molecular weight is 676 g/mol. The van der Waals surface area contributed by atoms with Gasteiger partial charge in [0, 0.05) is 60.9 Å². The molecule has 242 valence electrons. The van der Waals surface area contributed by atoms with Crippen LogP contribution in [0.2, 0.25) is 10.0 Å². The molecule has 2 aromatic carbocycles. The Morgan fingerprint density at radius 3 is 1.89 bits per heavy atom. The molecule has 1 amide bonds. The van der Waals surface area contributed by atoms with Crippen LogP contribution in [0.1, 0.15) is 29.9 Å². The highest BCUT2D eigenvalue weighted by Gasteiger charge is 2.21. The predicted molar refractivity (Wildman–Crippen MR) is 177 cm³/mol. The van der Waals surface area contributed by atoms with Crippen LogP contribution in [0.4, 0.5) is 0 Å². The van der Waals surface area contributed by atoms with Crippen LogP contribution in [-0.4, -0.2) is 68.1 Å². The highest BCUT2D eigenvalue weighted by molar-refractivity contribution is 6.39. The molecule has 13 nitrogen and oxygen atoms in total. The number of nitrogens with one attached hydrogen (secondary N) is 4. The Morgan fingerprint density at radius 1 is 0.809 bits per heavy atom. The van der Waals surface area contributed by atoms with Gasteiger partial charge in [-0.05, 0) is 6.42 Å². The minimum absolute atomic E-state index is 0.0815. The van der Waals surface area contributed by atoms with Gasteiger partial charge in [-0.3, -0.25) is 14.8 Å². The zero-order valence-electron chi connectivity index (χ0n) is 25.7. The molecule has 1 saturated heterocycles. The van der Waals surface area contributed by atoms with Crippen molar-refractivity contribution >= 4 is 29.1 Å². The lowest BCUT2D eigenvalue weighted by molar-refractivity contribution is -0.119. The fourth-order valence-corrected chi connectivity index (χ4v) is 5.96. The van der Waals surface area contributed by atoms with E-state index in [1.807, 2.05) is 36.4 Å². The fourth-order valence-electron chi connectivity index (χ4n) is 5.31. The molecular formula is C32H32Cl2N10O3. The van der Waals surface area contributed by atoms with Crippen molar-refractivity contribution in [1.82, 2.24) is 51.3 Å². The SMILES string of the molecule is COc1nc(-c2cccc(-c3cccc(-c4cnc(CNCC5CCC(=O)N5)c(OC)n4)c3Cl)c2Cl)cnc1CNCc1cn[nH]n1. The standard InChI is InChI=1S/C32H32Cl2N10O3/c1-46-31-26(14-35-11-18-9-10-28(45)40-18)37-16-24(41-31)22-7-3-5-20(29(22)33)21-6-4-8-23(30(21)34)25-17-38-27(32(42-25)47-2)15-36-12-19-13-39-44-43-19/h3-8,13,16-18,35-36H,9-12,14-15H2,1-2H3,(H,40,45)(H,39,43,44). The van der Waals surface area contributed by atoms with Gasteiger partial charge >= 0.3 is 0 Å². The molecule has 5 aromatic rings. The zero-order chi connectivity index (χ0) is 32.8. The highest BCUT2D eigenvalue weighted by atomic mass is 35.5. The molecular weight excluding hydrogens is 643 g/mol. The summed E-state index contributed by atoms with van der Waals surface area (Å²) in [6.07, 6.45) is 6.36. The predicted octanol–water partition coefficient (Wildman–Crippen LogP) is 4.37. The Hall–Kier alpha value is -4.69. The van der Waals surface area contributed by atoms with Crippen molar-refractivity contribution in [2.45, 2.75) is 38.5 Å². The molecule has 1 unspecified atom stereocenters. The third-order valence-corrected chi connectivity index (χ3v) is 8.50. The smallest absolute Gasteiger partial charge is 0.237 e. The van der Waals surface area contributed by atoms with Crippen LogP contribution in [-0.2, 0) is 24.4 Å². The second kappa shape index (κ2) is 14.8. The molecule has 0 bridgehead atoms. The van der Waals surface area contributed by atoms with Crippen LogP contribution in [0.25, 0.3) is 33.6 Å². The number of hydrogen-bond acceptors (Lipinski definition) is 11. The van der Waals surface area contributed by atoms with E-state index in [-0.39, 0.29) is 11.9 Å². The van der Waals surface area contributed by atoms with Crippen LogP contribution in [0.5, 0.6) is 11.8 Å². The number of nitrogens with zero attached hydrogens (tertiary/aromatic N) is 6. The van der Waals surface area contributed by atoms with Gasteiger partial charge in [0.05, 0.1) is 59.9 Å². The molecule has 3 aromatic heterocycles. The molecule has 0 radical (unpaired) electrons. The molecule has 4 N–H and O–H groups in total. The number of benzene rings is 2. The van der Waals surface area contributed by atoms with E-state index < -0.39 is 0 Å². The van der Waals surface area contributed by atoms with Crippen LogP contribution >= 0.6 is 23.2 Å². The molecule has 1 aliphatic rings. The normalized spacial score (nSPS) is 14.3. The molecule has 15 heteroatoms. The third-order valence-electron chi connectivity index (χ3n) is 7.68. The van der Waals surface area contributed by atoms with Crippen molar-refractivity contribution in [3.8, 4) is 45.4 Å². The number of aromatic amines is 1. The molecule has 4 heterocycles. The van der Waals surface area contributed by atoms with E-state index in [1.54, 1.807) is 32.8 Å². The lowest BCUT2D eigenvalue weighted by Gasteiger charge is -2.15. The van der Waals surface area contributed by atoms with E-state index >= 15 is 0 Å². The Balaban J connectivity index is 1.22. The van der Waals surface area contributed by atoms with E-state index in [0.717, 1.165) is 23.2 Å². The fraction of sp³-hybridized carbons (Fsp3) is 0.281. The summed E-state index contributed by atoms with van der Waals surface area (Å²) in [5, 5.41) is 20.9. The highest BCUT2D eigenvalue weighted by Crippen LogP contribution is 2.42. The van der Waals surface area contributed by atoms with Gasteiger partial charge in [0.25, 0.3) is 0 Å². The largest absolute Gasteiger partial charge is 0.480 e. The van der Waals surface area contributed by atoms with E-state index in [0.29, 0.717) is 88.3 Å². The van der Waals surface area contributed by atoms with Gasteiger partial charge in [0.15, 0.2) is 0 Å². The second-order valence-corrected chi connectivity index (χ2v) is 11.5. The van der Waals surface area contributed by atoms with Crippen molar-refractivity contribution in [2.24, 2.45) is 0 Å². The average Bonchev–Trinajstić information content (AvgIpc) is 3.77. The monoisotopic (exact) mass is 674 g/mol. The zero-order valence-corrected chi connectivity index (χ0v) is 27.2. The number of methoxy groups -OCH3 is 2. The maximum absolute atomic E-state index is 11.5. The number of carbonyl (C=O) groups is 1. The summed E-state index contributed by atoms with van der Waals surface area (Å²) >= 11 is 14.0. The molecule has 6 rings (SSSR count). The van der Waals surface area contributed by atoms with E-state index in [2.05, 4.69) is 41.3 Å². The molecule has 0 aliphatic carbocycles. The maximum Gasteiger partial charge on any atom is 0.237 e. The Kier molecular flexibility index (Phi) is 10.2. The number of rotatable bonds is 13. The number of halogens is 2. The van der Waals surface area contributed by atoms with Gasteiger partial charge in [0.1, 0.15) is 11.4 Å². The lowest BCUT2D eigenvalue weighted by Crippen LogP contribution is -2.35. The summed E-state index contributed by atoms with van der Waals surface area (Å²) in [6, 6.07) is 11.4. The van der Waals surface area contributed by atoms with Crippen molar-refractivity contribution in [3.63, 3.8) is 0 Å². The Morgan fingerprint density at radius 2 is 1.38 bits per heavy atom. The topological polar surface area (TPSA) is 165 Å². The minimum atomic E-state index is 0.0815. The van der Waals surface area contributed by atoms with Crippen molar-refractivity contribution in [1.29, 1.82) is 0 Å². The minimum Gasteiger partial charge on any atom is -0.480 e. The van der Waals surface area contributed by atoms with E-state index in [9.17, 15) is 4.79 Å². The van der Waals surface area contributed by atoms with Crippen LogP contribution in [0.15, 0.2) is 55.0 Å². The van der Waals surface area contributed by atoms with Crippen molar-refractivity contribution < 1.29 is 14.3 Å². The number of H-pyrrole nitrogens is 1. The van der Waals surface area contributed by atoms with Crippen molar-refractivity contribution in [2.75, 3.05) is 20.8 Å². The summed E-state index contributed by atoms with van der Waals surface area (Å²) in [5.74, 6) is 0.850. The summed E-state index contributed by atoms with van der Waals surface area (Å²) < 4.78 is 11.1. The number of hydrogen-bond donors (Lipinski definition) is 4. The molecule has 1 atom stereocenters.